The number of hydrogen-bond acceptors (Lipinski definition) is 7. The summed E-state index contributed by atoms with van der Waals surface area (Å²) in [6.07, 6.45) is 4.85. The summed E-state index contributed by atoms with van der Waals surface area (Å²) in [4.78, 5) is 13.1. The van der Waals surface area contributed by atoms with Crippen LogP contribution in [0.3, 0.4) is 0 Å². The van der Waals surface area contributed by atoms with Gasteiger partial charge in [-0.1, -0.05) is 0 Å². The van der Waals surface area contributed by atoms with Crippen LogP contribution in [0.4, 0.5) is 11.6 Å². The highest BCUT2D eigenvalue weighted by atomic mass is 16.5. The molecule has 1 atom stereocenters. The van der Waals surface area contributed by atoms with Gasteiger partial charge < -0.3 is 19.9 Å². The summed E-state index contributed by atoms with van der Waals surface area (Å²) in [5.41, 5.74) is 3.17. The maximum Gasteiger partial charge on any atom is 0.227 e. The molecule has 150 valence electrons. The highest BCUT2D eigenvalue weighted by Gasteiger charge is 2.15. The Morgan fingerprint density at radius 2 is 1.86 bits per heavy atom. The Bertz CT molecular complexity index is 924. The number of benzene rings is 1. The van der Waals surface area contributed by atoms with Crippen molar-refractivity contribution >= 4 is 11.6 Å². The Morgan fingerprint density at radius 3 is 2.55 bits per heavy atom. The van der Waals surface area contributed by atoms with E-state index in [0.717, 1.165) is 48.7 Å². The van der Waals surface area contributed by atoms with Crippen LogP contribution in [-0.4, -0.2) is 39.4 Å². The van der Waals surface area contributed by atoms with Crippen molar-refractivity contribution < 1.29 is 14.6 Å². The van der Waals surface area contributed by atoms with Crippen LogP contribution < -0.4 is 10.1 Å². The number of pyridine rings is 1. The minimum absolute atomic E-state index is 0.221. The molecule has 0 saturated carbocycles. The molecule has 1 saturated heterocycles. The van der Waals surface area contributed by atoms with E-state index < -0.39 is 6.10 Å². The molecule has 1 aliphatic rings. The number of nitrogens with zero attached hydrogens (tertiary/aromatic N) is 3. The molecule has 1 aromatic carbocycles. The standard InChI is InChI=1S/C22H24N4O3/c1-15(27)20-7-4-17(14-24-20)25-22-23-11-8-21(26-22)16-2-5-18(6-3-16)29-19-9-12-28-13-10-19/h2-8,11,14-15,19,27H,9-10,12-13H2,1H3,(H,23,25,26). The lowest BCUT2D eigenvalue weighted by molar-refractivity contribution is 0.0256. The normalized spacial score (nSPS) is 15.7. The number of aromatic nitrogens is 3. The average Bonchev–Trinajstić information content (AvgIpc) is 2.76. The highest BCUT2D eigenvalue weighted by Crippen LogP contribution is 2.24. The third-order valence-electron chi connectivity index (χ3n) is 4.75. The van der Waals surface area contributed by atoms with Crippen LogP contribution in [0.2, 0.25) is 0 Å². The fraction of sp³-hybridized carbons (Fsp3) is 0.318. The van der Waals surface area contributed by atoms with E-state index in [9.17, 15) is 5.11 Å². The summed E-state index contributed by atoms with van der Waals surface area (Å²) < 4.78 is 11.4. The molecule has 7 heteroatoms. The number of ether oxygens (including phenoxy) is 2. The quantitative estimate of drug-likeness (QED) is 0.658. The van der Waals surface area contributed by atoms with E-state index >= 15 is 0 Å². The maximum atomic E-state index is 9.56. The summed E-state index contributed by atoms with van der Waals surface area (Å²) in [6, 6.07) is 13.4. The zero-order chi connectivity index (χ0) is 20.1. The second kappa shape index (κ2) is 8.98. The molecule has 0 bridgehead atoms. The number of anilines is 2. The minimum Gasteiger partial charge on any atom is -0.490 e. The zero-order valence-electron chi connectivity index (χ0n) is 16.3. The molecule has 3 aromatic rings. The van der Waals surface area contributed by atoms with Crippen molar-refractivity contribution in [2.24, 2.45) is 0 Å². The van der Waals surface area contributed by atoms with Gasteiger partial charge in [-0.25, -0.2) is 9.97 Å². The fourth-order valence-electron chi connectivity index (χ4n) is 3.13. The van der Waals surface area contributed by atoms with Gasteiger partial charge in [-0.05, 0) is 49.4 Å². The molecule has 29 heavy (non-hydrogen) atoms. The lowest BCUT2D eigenvalue weighted by Gasteiger charge is -2.23. The molecule has 7 nitrogen and oxygen atoms in total. The molecule has 1 fully saturated rings. The third-order valence-corrected chi connectivity index (χ3v) is 4.75. The van der Waals surface area contributed by atoms with E-state index in [4.69, 9.17) is 9.47 Å². The van der Waals surface area contributed by atoms with Gasteiger partial charge in [0.2, 0.25) is 5.95 Å². The fourth-order valence-corrected chi connectivity index (χ4v) is 3.13. The van der Waals surface area contributed by atoms with Crippen LogP contribution in [0, 0.1) is 0 Å². The number of rotatable bonds is 6. The van der Waals surface area contributed by atoms with Gasteiger partial charge in [0, 0.05) is 24.6 Å². The average molecular weight is 392 g/mol. The number of aliphatic hydroxyl groups is 1. The van der Waals surface area contributed by atoms with Crippen molar-refractivity contribution in [1.29, 1.82) is 0 Å². The first kappa shape index (κ1) is 19.3. The van der Waals surface area contributed by atoms with Gasteiger partial charge in [0.1, 0.15) is 11.9 Å². The van der Waals surface area contributed by atoms with Crippen molar-refractivity contribution in [3.63, 3.8) is 0 Å². The van der Waals surface area contributed by atoms with Crippen LogP contribution in [0.15, 0.2) is 54.9 Å². The van der Waals surface area contributed by atoms with Gasteiger partial charge in [0.25, 0.3) is 0 Å². The SMILES string of the molecule is CC(O)c1ccc(Nc2nccc(-c3ccc(OC4CCOCC4)cc3)n2)cn1. The smallest absolute Gasteiger partial charge is 0.227 e. The molecule has 3 heterocycles. The van der Waals surface area contributed by atoms with E-state index in [0.29, 0.717) is 11.6 Å². The molecule has 0 aliphatic carbocycles. The molecule has 4 rings (SSSR count). The summed E-state index contributed by atoms with van der Waals surface area (Å²) >= 11 is 0. The molecule has 1 unspecified atom stereocenters. The van der Waals surface area contributed by atoms with Gasteiger partial charge in [0.15, 0.2) is 0 Å². The van der Waals surface area contributed by atoms with Crippen molar-refractivity contribution in [1.82, 2.24) is 15.0 Å². The first-order chi connectivity index (χ1) is 14.2. The Labute approximate surface area is 169 Å². The first-order valence-electron chi connectivity index (χ1n) is 9.76. The van der Waals surface area contributed by atoms with E-state index in [2.05, 4.69) is 20.3 Å². The molecular weight excluding hydrogens is 368 g/mol. The van der Waals surface area contributed by atoms with E-state index in [-0.39, 0.29) is 6.10 Å². The van der Waals surface area contributed by atoms with Crippen molar-refractivity contribution in [2.45, 2.75) is 32.0 Å². The van der Waals surface area contributed by atoms with E-state index in [1.807, 2.05) is 36.4 Å². The molecular formula is C22H24N4O3. The Kier molecular flexibility index (Phi) is 5.97. The van der Waals surface area contributed by atoms with E-state index in [1.54, 1.807) is 25.4 Å². The largest absolute Gasteiger partial charge is 0.490 e. The summed E-state index contributed by atoms with van der Waals surface area (Å²) in [5.74, 6) is 1.34. The maximum absolute atomic E-state index is 9.56. The number of aliphatic hydroxyl groups excluding tert-OH is 1. The molecule has 2 aromatic heterocycles. The van der Waals surface area contributed by atoms with Crippen LogP contribution in [0.25, 0.3) is 11.3 Å². The second-order valence-corrected chi connectivity index (χ2v) is 6.99. The third kappa shape index (κ3) is 5.07. The second-order valence-electron chi connectivity index (χ2n) is 6.99. The predicted octanol–water partition coefficient (Wildman–Crippen LogP) is 3.89. The Balaban J connectivity index is 1.43. The predicted molar refractivity (Wildman–Crippen MR) is 110 cm³/mol. The zero-order valence-corrected chi connectivity index (χ0v) is 16.3. The highest BCUT2D eigenvalue weighted by molar-refractivity contribution is 5.62. The Morgan fingerprint density at radius 1 is 1.07 bits per heavy atom. The number of hydrogen-bond donors (Lipinski definition) is 2. The van der Waals surface area contributed by atoms with E-state index in [1.165, 1.54) is 0 Å². The summed E-state index contributed by atoms with van der Waals surface area (Å²) in [5, 5.41) is 12.7. The summed E-state index contributed by atoms with van der Waals surface area (Å²) in [7, 11) is 0. The van der Waals surface area contributed by atoms with Crippen LogP contribution in [0.5, 0.6) is 5.75 Å². The molecule has 0 amide bonds. The van der Waals surface area contributed by atoms with Crippen LogP contribution >= 0.6 is 0 Å². The van der Waals surface area contributed by atoms with Gasteiger partial charge in [-0.3, -0.25) is 4.98 Å². The first-order valence-corrected chi connectivity index (χ1v) is 9.76. The van der Waals surface area contributed by atoms with Crippen molar-refractivity contribution in [3.05, 3.63) is 60.6 Å². The van der Waals surface area contributed by atoms with Crippen LogP contribution in [-0.2, 0) is 4.74 Å². The van der Waals surface area contributed by atoms with Gasteiger partial charge >= 0.3 is 0 Å². The van der Waals surface area contributed by atoms with Gasteiger partial charge in [0.05, 0.1) is 42.6 Å². The Hall–Kier alpha value is -3.03. The van der Waals surface area contributed by atoms with Crippen molar-refractivity contribution in [2.75, 3.05) is 18.5 Å². The van der Waals surface area contributed by atoms with Crippen LogP contribution in [0.1, 0.15) is 31.6 Å². The number of nitrogens with one attached hydrogen (secondary N) is 1. The topological polar surface area (TPSA) is 89.4 Å². The molecule has 2 N–H and O–H groups in total. The lowest BCUT2D eigenvalue weighted by Crippen LogP contribution is -2.25. The monoisotopic (exact) mass is 392 g/mol. The van der Waals surface area contributed by atoms with Gasteiger partial charge in [-0.15, -0.1) is 0 Å². The summed E-state index contributed by atoms with van der Waals surface area (Å²) in [6.45, 7) is 3.20. The van der Waals surface area contributed by atoms with Crippen molar-refractivity contribution in [3.8, 4) is 17.0 Å². The molecule has 1 aliphatic heterocycles. The molecule has 0 spiro atoms. The molecule has 0 radical (unpaired) electrons. The lowest BCUT2D eigenvalue weighted by atomic mass is 10.1. The van der Waals surface area contributed by atoms with Gasteiger partial charge in [-0.2, -0.15) is 0 Å². The minimum atomic E-state index is -0.595.